The Morgan fingerprint density at radius 1 is 1.37 bits per heavy atom. The predicted octanol–water partition coefficient (Wildman–Crippen LogP) is 2.17. The molecule has 0 aliphatic carbocycles. The molecule has 0 saturated heterocycles. The summed E-state index contributed by atoms with van der Waals surface area (Å²) in [5, 5.41) is 12.4. The number of nitrogens with two attached hydrogens (primary N) is 1. The van der Waals surface area contributed by atoms with Crippen LogP contribution >= 0.6 is 11.8 Å². The number of rotatable bonds is 4. The fourth-order valence-corrected chi connectivity index (χ4v) is 2.21. The number of amidine groups is 1. The lowest BCUT2D eigenvalue weighted by atomic mass is 10.1. The predicted molar refractivity (Wildman–Crippen MR) is 75.3 cm³/mol. The number of oxime groups is 1. The number of thioether (sulfide) groups is 1. The third-order valence-corrected chi connectivity index (χ3v) is 3.40. The summed E-state index contributed by atoms with van der Waals surface area (Å²) in [6.07, 6.45) is 3.59. The second kappa shape index (κ2) is 6.19. The van der Waals surface area contributed by atoms with E-state index in [9.17, 15) is 0 Å². The largest absolute Gasteiger partial charge is 0.409 e. The Morgan fingerprint density at radius 3 is 2.79 bits per heavy atom. The van der Waals surface area contributed by atoms with E-state index in [0.29, 0.717) is 5.56 Å². The van der Waals surface area contributed by atoms with Crippen LogP contribution in [-0.4, -0.2) is 21.0 Å². The van der Waals surface area contributed by atoms with E-state index in [1.807, 2.05) is 25.1 Å². The summed E-state index contributed by atoms with van der Waals surface area (Å²) in [6, 6.07) is 7.54. The van der Waals surface area contributed by atoms with Crippen molar-refractivity contribution in [1.29, 1.82) is 0 Å². The average molecular weight is 274 g/mol. The zero-order valence-corrected chi connectivity index (χ0v) is 11.3. The van der Waals surface area contributed by atoms with Crippen molar-refractivity contribution >= 4 is 17.6 Å². The summed E-state index contributed by atoms with van der Waals surface area (Å²) in [5.41, 5.74) is 8.36. The van der Waals surface area contributed by atoms with Gasteiger partial charge in [-0.25, -0.2) is 9.97 Å². The molecule has 1 aromatic carbocycles. The van der Waals surface area contributed by atoms with E-state index in [1.165, 1.54) is 0 Å². The van der Waals surface area contributed by atoms with E-state index in [0.717, 1.165) is 22.0 Å². The first-order valence-corrected chi connectivity index (χ1v) is 6.66. The van der Waals surface area contributed by atoms with E-state index in [2.05, 4.69) is 15.1 Å². The van der Waals surface area contributed by atoms with Crippen molar-refractivity contribution in [2.45, 2.75) is 17.8 Å². The molecule has 0 atom stereocenters. The van der Waals surface area contributed by atoms with Gasteiger partial charge in [0.05, 0.1) is 0 Å². The molecule has 0 unspecified atom stereocenters. The lowest BCUT2D eigenvalue weighted by Gasteiger charge is -2.03. The molecule has 2 aromatic rings. The van der Waals surface area contributed by atoms with Crippen molar-refractivity contribution in [3.63, 3.8) is 0 Å². The highest BCUT2D eigenvalue weighted by atomic mass is 32.2. The summed E-state index contributed by atoms with van der Waals surface area (Å²) in [4.78, 5) is 8.46. The quantitative estimate of drug-likeness (QED) is 0.223. The van der Waals surface area contributed by atoms with Crippen LogP contribution in [0.25, 0.3) is 0 Å². The SMILES string of the molecule is Cc1cnc(SCc2cccc(/C(N)=N/O)c2)nc1. The molecule has 0 aliphatic rings. The molecule has 5 nitrogen and oxygen atoms in total. The highest BCUT2D eigenvalue weighted by Gasteiger charge is 2.02. The number of nitrogens with zero attached hydrogens (tertiary/aromatic N) is 3. The Morgan fingerprint density at radius 2 is 2.11 bits per heavy atom. The fraction of sp³-hybridized carbons (Fsp3) is 0.154. The summed E-state index contributed by atoms with van der Waals surface area (Å²) >= 11 is 1.54. The van der Waals surface area contributed by atoms with Gasteiger partial charge >= 0.3 is 0 Å². The van der Waals surface area contributed by atoms with Crippen LogP contribution < -0.4 is 5.73 Å². The first-order valence-electron chi connectivity index (χ1n) is 5.67. The maximum absolute atomic E-state index is 8.65. The Kier molecular flexibility index (Phi) is 4.35. The molecule has 0 amide bonds. The van der Waals surface area contributed by atoms with Gasteiger partial charge in [-0.1, -0.05) is 35.1 Å². The van der Waals surface area contributed by atoms with Crippen molar-refractivity contribution in [3.8, 4) is 0 Å². The molecule has 1 aromatic heterocycles. The first-order chi connectivity index (χ1) is 9.19. The van der Waals surface area contributed by atoms with Crippen molar-refractivity contribution in [2.24, 2.45) is 10.9 Å². The van der Waals surface area contributed by atoms with Crippen LogP contribution in [0.1, 0.15) is 16.7 Å². The van der Waals surface area contributed by atoms with Crippen molar-refractivity contribution < 1.29 is 5.21 Å². The topological polar surface area (TPSA) is 84.4 Å². The number of hydrogen-bond donors (Lipinski definition) is 2. The second-order valence-corrected chi connectivity index (χ2v) is 4.96. The van der Waals surface area contributed by atoms with Crippen LogP contribution in [0.3, 0.4) is 0 Å². The minimum atomic E-state index is 0.110. The second-order valence-electron chi connectivity index (χ2n) is 4.02. The monoisotopic (exact) mass is 274 g/mol. The average Bonchev–Trinajstić information content (AvgIpc) is 2.46. The molecule has 0 fully saturated rings. The molecule has 0 radical (unpaired) electrons. The zero-order valence-electron chi connectivity index (χ0n) is 10.4. The summed E-state index contributed by atoms with van der Waals surface area (Å²) in [7, 11) is 0. The highest BCUT2D eigenvalue weighted by Crippen LogP contribution is 2.19. The number of hydrogen-bond acceptors (Lipinski definition) is 5. The van der Waals surface area contributed by atoms with Gasteiger partial charge < -0.3 is 10.9 Å². The fourth-order valence-electron chi connectivity index (χ4n) is 1.48. The highest BCUT2D eigenvalue weighted by molar-refractivity contribution is 7.98. The third kappa shape index (κ3) is 3.69. The van der Waals surface area contributed by atoms with Gasteiger partial charge in [0.2, 0.25) is 0 Å². The van der Waals surface area contributed by atoms with Gasteiger partial charge in [-0.15, -0.1) is 0 Å². The van der Waals surface area contributed by atoms with Crippen LogP contribution in [0.5, 0.6) is 0 Å². The van der Waals surface area contributed by atoms with E-state index in [1.54, 1.807) is 30.2 Å². The molecule has 6 heteroatoms. The van der Waals surface area contributed by atoms with Crippen LogP contribution in [0.2, 0.25) is 0 Å². The molecule has 19 heavy (non-hydrogen) atoms. The maximum Gasteiger partial charge on any atom is 0.187 e. The van der Waals surface area contributed by atoms with Gasteiger partial charge in [-0.2, -0.15) is 0 Å². The van der Waals surface area contributed by atoms with Gasteiger partial charge in [-0.3, -0.25) is 0 Å². The Bertz CT molecular complexity index is 583. The van der Waals surface area contributed by atoms with Crippen molar-refractivity contribution in [3.05, 3.63) is 53.3 Å². The van der Waals surface area contributed by atoms with Crippen molar-refractivity contribution in [1.82, 2.24) is 9.97 Å². The molecule has 0 bridgehead atoms. The van der Waals surface area contributed by atoms with Gasteiger partial charge in [0.25, 0.3) is 0 Å². The number of benzene rings is 1. The maximum atomic E-state index is 8.65. The summed E-state index contributed by atoms with van der Waals surface area (Å²) < 4.78 is 0. The number of aromatic nitrogens is 2. The minimum absolute atomic E-state index is 0.110. The molecule has 1 heterocycles. The normalized spacial score (nSPS) is 11.5. The Balaban J connectivity index is 2.05. The molecule has 2 rings (SSSR count). The van der Waals surface area contributed by atoms with E-state index >= 15 is 0 Å². The van der Waals surface area contributed by atoms with Crippen LogP contribution in [0.15, 0.2) is 47.0 Å². The van der Waals surface area contributed by atoms with Gasteiger partial charge in [0.15, 0.2) is 11.0 Å². The van der Waals surface area contributed by atoms with Crippen molar-refractivity contribution in [2.75, 3.05) is 0 Å². The molecule has 3 N–H and O–H groups in total. The van der Waals surface area contributed by atoms with Crippen LogP contribution in [-0.2, 0) is 5.75 Å². The summed E-state index contributed by atoms with van der Waals surface area (Å²) in [6.45, 7) is 1.95. The minimum Gasteiger partial charge on any atom is -0.409 e. The van der Waals surface area contributed by atoms with Gasteiger partial charge in [0.1, 0.15) is 0 Å². The van der Waals surface area contributed by atoms with Gasteiger partial charge in [0, 0.05) is 23.7 Å². The Labute approximate surface area is 115 Å². The number of aryl methyl sites for hydroxylation is 1. The zero-order chi connectivity index (χ0) is 13.7. The van der Waals surface area contributed by atoms with E-state index in [-0.39, 0.29) is 5.84 Å². The molecular formula is C13H14N4OS. The summed E-state index contributed by atoms with van der Waals surface area (Å²) in [5.74, 6) is 0.841. The molecule has 98 valence electrons. The van der Waals surface area contributed by atoms with Crippen LogP contribution in [0.4, 0.5) is 0 Å². The molecule has 0 saturated carbocycles. The smallest absolute Gasteiger partial charge is 0.187 e. The lowest BCUT2D eigenvalue weighted by Crippen LogP contribution is -2.13. The van der Waals surface area contributed by atoms with Crippen LogP contribution in [0, 0.1) is 6.92 Å². The Hall–Kier alpha value is -2.08. The standard InChI is InChI=1S/C13H14N4OS/c1-9-6-15-13(16-7-9)19-8-10-3-2-4-11(5-10)12(14)17-18/h2-7,18H,8H2,1H3,(H2,14,17). The molecular weight excluding hydrogens is 260 g/mol. The molecule has 0 aliphatic heterocycles. The van der Waals surface area contributed by atoms with Gasteiger partial charge in [-0.05, 0) is 24.1 Å². The van der Waals surface area contributed by atoms with E-state index < -0.39 is 0 Å². The molecule has 0 spiro atoms. The first kappa shape index (κ1) is 13.4. The van der Waals surface area contributed by atoms with E-state index in [4.69, 9.17) is 10.9 Å². The third-order valence-electron chi connectivity index (χ3n) is 2.46. The lowest BCUT2D eigenvalue weighted by molar-refractivity contribution is 0.318.